The number of fused-ring (bicyclic) bond motifs is 1. The van der Waals surface area contributed by atoms with E-state index in [0.29, 0.717) is 12.1 Å². The summed E-state index contributed by atoms with van der Waals surface area (Å²) in [5, 5.41) is 11.6. The van der Waals surface area contributed by atoms with Crippen LogP contribution in [0, 0.1) is 0 Å². The molecule has 0 amide bonds. The van der Waals surface area contributed by atoms with Gasteiger partial charge in [-0.2, -0.15) is 5.10 Å². The SMILES string of the molecule is CCc1nc2n(n1)CC(NC(=NC)NCC1CN(C)CCN1C)CC2. The maximum atomic E-state index is 4.58. The monoisotopic (exact) mass is 348 g/mol. The average molecular weight is 348 g/mol. The van der Waals surface area contributed by atoms with E-state index in [9.17, 15) is 0 Å². The Kier molecular flexibility index (Phi) is 5.90. The largest absolute Gasteiger partial charge is 0.355 e. The van der Waals surface area contributed by atoms with Gasteiger partial charge in [0.25, 0.3) is 0 Å². The molecule has 0 saturated carbocycles. The van der Waals surface area contributed by atoms with Gasteiger partial charge in [0.1, 0.15) is 5.82 Å². The average Bonchev–Trinajstić information content (AvgIpc) is 3.03. The molecule has 1 aromatic rings. The predicted molar refractivity (Wildman–Crippen MR) is 99.9 cm³/mol. The maximum Gasteiger partial charge on any atom is 0.191 e. The molecule has 2 atom stereocenters. The van der Waals surface area contributed by atoms with Crippen LogP contribution in [0.3, 0.4) is 0 Å². The van der Waals surface area contributed by atoms with Gasteiger partial charge in [-0.25, -0.2) is 9.67 Å². The minimum absolute atomic E-state index is 0.344. The second kappa shape index (κ2) is 8.14. The van der Waals surface area contributed by atoms with Gasteiger partial charge < -0.3 is 15.5 Å². The highest BCUT2D eigenvalue weighted by Crippen LogP contribution is 2.13. The molecule has 1 fully saturated rings. The Morgan fingerprint density at radius 2 is 2.12 bits per heavy atom. The van der Waals surface area contributed by atoms with Crippen molar-refractivity contribution in [2.75, 3.05) is 47.3 Å². The molecular formula is C17H32N8. The lowest BCUT2D eigenvalue weighted by Gasteiger charge is -2.38. The van der Waals surface area contributed by atoms with Gasteiger partial charge in [-0.05, 0) is 20.5 Å². The van der Waals surface area contributed by atoms with E-state index in [1.54, 1.807) is 0 Å². The third-order valence-corrected chi connectivity index (χ3v) is 5.27. The van der Waals surface area contributed by atoms with Crippen LogP contribution in [0.25, 0.3) is 0 Å². The quantitative estimate of drug-likeness (QED) is 0.568. The molecule has 8 nitrogen and oxygen atoms in total. The fourth-order valence-electron chi connectivity index (χ4n) is 3.55. The summed E-state index contributed by atoms with van der Waals surface area (Å²) < 4.78 is 2.05. The Hall–Kier alpha value is -1.67. The molecule has 3 rings (SSSR count). The van der Waals surface area contributed by atoms with E-state index < -0.39 is 0 Å². The normalized spacial score (nSPS) is 25.7. The Labute approximate surface area is 150 Å². The highest BCUT2D eigenvalue weighted by Gasteiger charge is 2.24. The first-order valence-corrected chi connectivity index (χ1v) is 9.37. The minimum atomic E-state index is 0.344. The summed E-state index contributed by atoms with van der Waals surface area (Å²) in [6.07, 6.45) is 2.93. The van der Waals surface area contributed by atoms with Gasteiger partial charge in [0.2, 0.25) is 0 Å². The van der Waals surface area contributed by atoms with Crippen LogP contribution >= 0.6 is 0 Å². The molecule has 3 heterocycles. The third kappa shape index (κ3) is 4.49. The van der Waals surface area contributed by atoms with Gasteiger partial charge in [-0.1, -0.05) is 6.92 Å². The van der Waals surface area contributed by atoms with Crippen molar-refractivity contribution in [1.82, 2.24) is 35.2 Å². The van der Waals surface area contributed by atoms with Gasteiger partial charge in [-0.3, -0.25) is 9.89 Å². The summed E-state index contributed by atoms with van der Waals surface area (Å²) in [7, 11) is 6.23. The van der Waals surface area contributed by atoms with Gasteiger partial charge in [0, 0.05) is 58.2 Å². The first kappa shape index (κ1) is 18.1. The number of hydrogen-bond donors (Lipinski definition) is 2. The van der Waals surface area contributed by atoms with Crippen LogP contribution in [0.1, 0.15) is 25.0 Å². The van der Waals surface area contributed by atoms with Crippen LogP contribution in [-0.2, 0) is 19.4 Å². The Balaban J connectivity index is 1.51. The van der Waals surface area contributed by atoms with Crippen molar-refractivity contribution in [3.63, 3.8) is 0 Å². The highest BCUT2D eigenvalue weighted by atomic mass is 15.4. The van der Waals surface area contributed by atoms with Gasteiger partial charge in [0.15, 0.2) is 11.8 Å². The molecule has 0 radical (unpaired) electrons. The van der Waals surface area contributed by atoms with E-state index in [4.69, 9.17) is 0 Å². The lowest BCUT2D eigenvalue weighted by atomic mass is 10.1. The molecular weight excluding hydrogens is 316 g/mol. The fourth-order valence-corrected chi connectivity index (χ4v) is 3.55. The van der Waals surface area contributed by atoms with Crippen molar-refractivity contribution in [2.24, 2.45) is 4.99 Å². The molecule has 2 aliphatic heterocycles. The van der Waals surface area contributed by atoms with Crippen molar-refractivity contribution >= 4 is 5.96 Å². The number of hydrogen-bond acceptors (Lipinski definition) is 5. The van der Waals surface area contributed by atoms with Crippen LogP contribution in [0.2, 0.25) is 0 Å². The number of nitrogens with one attached hydrogen (secondary N) is 2. The summed E-state index contributed by atoms with van der Waals surface area (Å²) in [4.78, 5) is 13.8. The predicted octanol–water partition coefficient (Wildman–Crippen LogP) is -0.434. The molecule has 0 spiro atoms. The zero-order valence-corrected chi connectivity index (χ0v) is 16.0. The van der Waals surface area contributed by atoms with Gasteiger partial charge >= 0.3 is 0 Å². The first-order valence-electron chi connectivity index (χ1n) is 9.37. The van der Waals surface area contributed by atoms with E-state index in [0.717, 1.165) is 69.6 Å². The highest BCUT2D eigenvalue weighted by molar-refractivity contribution is 5.80. The minimum Gasteiger partial charge on any atom is -0.355 e. The number of guanidine groups is 1. The van der Waals surface area contributed by atoms with E-state index in [1.165, 1.54) is 0 Å². The number of piperazine rings is 1. The van der Waals surface area contributed by atoms with Crippen LogP contribution in [-0.4, -0.2) is 89.9 Å². The molecule has 1 aromatic heterocycles. The van der Waals surface area contributed by atoms with Crippen LogP contribution in [0.5, 0.6) is 0 Å². The van der Waals surface area contributed by atoms with E-state index in [1.807, 2.05) is 7.05 Å². The summed E-state index contributed by atoms with van der Waals surface area (Å²) >= 11 is 0. The Morgan fingerprint density at radius 1 is 1.28 bits per heavy atom. The molecule has 8 heteroatoms. The number of rotatable bonds is 4. The number of aryl methyl sites for hydroxylation is 2. The second-order valence-corrected chi connectivity index (χ2v) is 7.21. The van der Waals surface area contributed by atoms with E-state index in [2.05, 4.69) is 61.2 Å². The third-order valence-electron chi connectivity index (χ3n) is 5.27. The lowest BCUT2D eigenvalue weighted by molar-refractivity contribution is 0.116. The molecule has 140 valence electrons. The van der Waals surface area contributed by atoms with Crippen molar-refractivity contribution in [2.45, 2.75) is 44.8 Å². The number of aromatic nitrogens is 3. The van der Waals surface area contributed by atoms with Crippen LogP contribution in [0.15, 0.2) is 4.99 Å². The summed E-state index contributed by atoms with van der Waals surface area (Å²) in [6.45, 7) is 7.21. The first-order chi connectivity index (χ1) is 12.1. The fraction of sp³-hybridized carbons (Fsp3) is 0.824. The Bertz CT molecular complexity index is 595. The number of likely N-dealkylation sites (N-methyl/N-ethyl adjacent to an activating group) is 2. The number of aliphatic imine (C=N–C) groups is 1. The molecule has 2 N–H and O–H groups in total. The van der Waals surface area contributed by atoms with Crippen LogP contribution in [0.4, 0.5) is 0 Å². The van der Waals surface area contributed by atoms with Crippen molar-refractivity contribution in [3.05, 3.63) is 11.6 Å². The smallest absolute Gasteiger partial charge is 0.191 e. The molecule has 2 unspecified atom stereocenters. The standard InChI is InChI=1S/C17H32N8/c1-5-15-21-16-7-6-13(11-25(16)22-15)20-17(18-2)19-10-14-12-23(3)8-9-24(14)4/h13-14H,5-12H2,1-4H3,(H2,18,19,20). The van der Waals surface area contributed by atoms with E-state index in [-0.39, 0.29) is 0 Å². The summed E-state index contributed by atoms with van der Waals surface area (Å²) in [6, 6.07) is 0.856. The molecule has 2 aliphatic rings. The van der Waals surface area contributed by atoms with Gasteiger partial charge in [-0.15, -0.1) is 0 Å². The number of nitrogens with zero attached hydrogens (tertiary/aromatic N) is 6. The van der Waals surface area contributed by atoms with Crippen molar-refractivity contribution < 1.29 is 0 Å². The molecule has 25 heavy (non-hydrogen) atoms. The summed E-state index contributed by atoms with van der Waals surface area (Å²) in [5.74, 6) is 2.94. The van der Waals surface area contributed by atoms with Gasteiger partial charge in [0.05, 0.1) is 6.54 Å². The zero-order valence-electron chi connectivity index (χ0n) is 16.0. The maximum absolute atomic E-state index is 4.58. The summed E-state index contributed by atoms with van der Waals surface area (Å²) in [5.41, 5.74) is 0. The Morgan fingerprint density at radius 3 is 2.88 bits per heavy atom. The molecule has 0 aromatic carbocycles. The molecule has 0 bridgehead atoms. The molecule has 0 aliphatic carbocycles. The van der Waals surface area contributed by atoms with Crippen LogP contribution < -0.4 is 10.6 Å². The molecule has 1 saturated heterocycles. The van der Waals surface area contributed by atoms with Crippen molar-refractivity contribution in [1.29, 1.82) is 0 Å². The van der Waals surface area contributed by atoms with Crippen molar-refractivity contribution in [3.8, 4) is 0 Å². The zero-order chi connectivity index (χ0) is 17.8. The van der Waals surface area contributed by atoms with E-state index >= 15 is 0 Å². The topological polar surface area (TPSA) is 73.6 Å². The second-order valence-electron chi connectivity index (χ2n) is 7.21. The lowest BCUT2D eigenvalue weighted by Crippen LogP contribution is -2.56.